The van der Waals surface area contributed by atoms with Gasteiger partial charge in [0.25, 0.3) is 5.91 Å². The van der Waals surface area contributed by atoms with Crippen LogP contribution in [0.4, 0.5) is 13.2 Å². The van der Waals surface area contributed by atoms with Crippen LogP contribution in [0.15, 0.2) is 6.07 Å². The summed E-state index contributed by atoms with van der Waals surface area (Å²) in [5.41, 5.74) is -1.80. The number of phenols is 1. The van der Waals surface area contributed by atoms with Crippen molar-refractivity contribution in [3.05, 3.63) is 29.1 Å². The minimum atomic E-state index is -1.75. The van der Waals surface area contributed by atoms with E-state index in [1.165, 1.54) is 0 Å². The minimum Gasteiger partial charge on any atom is -0.503 e. The van der Waals surface area contributed by atoms with Crippen molar-refractivity contribution in [2.45, 2.75) is 32.2 Å². The number of hydrogen-bond acceptors (Lipinski definition) is 3. The van der Waals surface area contributed by atoms with Gasteiger partial charge in [0.05, 0.1) is 17.7 Å². The second kappa shape index (κ2) is 6.13. The molecule has 1 amide bonds. The van der Waals surface area contributed by atoms with E-state index < -0.39 is 40.2 Å². The van der Waals surface area contributed by atoms with Crippen LogP contribution in [0.5, 0.6) is 5.75 Å². The second-order valence-electron chi connectivity index (χ2n) is 4.48. The van der Waals surface area contributed by atoms with Gasteiger partial charge in [-0.2, -0.15) is 4.39 Å². The number of hydrogen-bond donors (Lipinski definition) is 3. The van der Waals surface area contributed by atoms with Gasteiger partial charge in [-0.15, -0.1) is 0 Å². The van der Waals surface area contributed by atoms with Crippen molar-refractivity contribution in [3.63, 3.8) is 0 Å². The van der Waals surface area contributed by atoms with Crippen LogP contribution in [0, 0.1) is 17.5 Å². The number of aliphatic hydroxyl groups excluding tert-OH is 1. The van der Waals surface area contributed by atoms with Gasteiger partial charge in [-0.1, -0.05) is 13.8 Å². The summed E-state index contributed by atoms with van der Waals surface area (Å²) in [6, 6.07) is 0.368. The molecule has 0 bridgehead atoms. The van der Waals surface area contributed by atoms with E-state index in [1.54, 1.807) is 13.8 Å². The quantitative estimate of drug-likeness (QED) is 0.728. The number of rotatable bonds is 5. The molecule has 0 heterocycles. The Labute approximate surface area is 114 Å². The smallest absolute Gasteiger partial charge is 0.255 e. The van der Waals surface area contributed by atoms with Crippen LogP contribution in [-0.4, -0.2) is 28.3 Å². The molecule has 0 atom stereocenters. The van der Waals surface area contributed by atoms with Crippen LogP contribution in [-0.2, 0) is 0 Å². The topological polar surface area (TPSA) is 69.6 Å². The van der Waals surface area contributed by atoms with E-state index in [9.17, 15) is 23.1 Å². The summed E-state index contributed by atoms with van der Waals surface area (Å²) < 4.78 is 39.7. The molecule has 1 aromatic carbocycles. The molecule has 3 N–H and O–H groups in total. The van der Waals surface area contributed by atoms with Crippen molar-refractivity contribution in [3.8, 4) is 5.75 Å². The highest BCUT2D eigenvalue weighted by Gasteiger charge is 2.30. The van der Waals surface area contributed by atoms with Crippen molar-refractivity contribution in [2.75, 3.05) is 6.61 Å². The van der Waals surface area contributed by atoms with Crippen LogP contribution in [0.3, 0.4) is 0 Å². The van der Waals surface area contributed by atoms with Gasteiger partial charge in [0.1, 0.15) is 0 Å². The molecule has 1 rings (SSSR count). The second-order valence-corrected chi connectivity index (χ2v) is 4.48. The summed E-state index contributed by atoms with van der Waals surface area (Å²) in [7, 11) is 0. The Balaban J connectivity index is 3.17. The first kappa shape index (κ1) is 16.3. The van der Waals surface area contributed by atoms with Gasteiger partial charge in [-0.3, -0.25) is 4.79 Å². The molecule has 0 aliphatic heterocycles. The van der Waals surface area contributed by atoms with E-state index in [0.29, 0.717) is 18.9 Å². The summed E-state index contributed by atoms with van der Waals surface area (Å²) in [5.74, 6) is -7.40. The lowest BCUT2D eigenvalue weighted by Gasteiger charge is -2.30. The van der Waals surface area contributed by atoms with Gasteiger partial charge in [0, 0.05) is 0 Å². The van der Waals surface area contributed by atoms with Crippen molar-refractivity contribution in [1.82, 2.24) is 5.32 Å². The molecule has 0 aliphatic rings. The van der Waals surface area contributed by atoms with Crippen LogP contribution in [0.25, 0.3) is 0 Å². The standard InChI is InChI=1S/C13H16F3NO3/c1-3-13(4-2,6-18)17-12(20)7-5-8(14)10(16)11(19)9(7)15/h5,18-19H,3-4,6H2,1-2H3,(H,17,20). The number of phenolic OH excluding ortho intramolecular Hbond substituents is 1. The third-order valence-corrected chi connectivity index (χ3v) is 3.41. The lowest BCUT2D eigenvalue weighted by atomic mass is 9.93. The van der Waals surface area contributed by atoms with Gasteiger partial charge < -0.3 is 15.5 Å². The van der Waals surface area contributed by atoms with E-state index in [-0.39, 0.29) is 6.61 Å². The molecule has 0 saturated heterocycles. The summed E-state index contributed by atoms with van der Waals surface area (Å²) in [5, 5.41) is 20.8. The molecule has 0 aliphatic carbocycles. The molecule has 1 aromatic rings. The van der Waals surface area contributed by atoms with Crippen LogP contribution >= 0.6 is 0 Å². The zero-order chi connectivity index (χ0) is 15.5. The summed E-state index contributed by atoms with van der Waals surface area (Å²) in [4.78, 5) is 11.9. The first-order valence-electron chi connectivity index (χ1n) is 6.11. The largest absolute Gasteiger partial charge is 0.503 e. The van der Waals surface area contributed by atoms with Crippen molar-refractivity contribution >= 4 is 5.91 Å². The molecule has 7 heteroatoms. The number of aliphatic hydroxyl groups is 1. The molecule has 112 valence electrons. The van der Waals surface area contributed by atoms with Gasteiger partial charge in [0.15, 0.2) is 17.4 Å². The molecule has 4 nitrogen and oxygen atoms in total. The zero-order valence-corrected chi connectivity index (χ0v) is 11.1. The maximum absolute atomic E-state index is 13.6. The number of benzene rings is 1. The number of halogens is 3. The van der Waals surface area contributed by atoms with E-state index in [0.717, 1.165) is 0 Å². The fraction of sp³-hybridized carbons (Fsp3) is 0.462. The van der Waals surface area contributed by atoms with Crippen LogP contribution < -0.4 is 5.32 Å². The van der Waals surface area contributed by atoms with Gasteiger partial charge >= 0.3 is 0 Å². The number of amides is 1. The highest BCUT2D eigenvalue weighted by Crippen LogP contribution is 2.26. The van der Waals surface area contributed by atoms with Gasteiger partial charge in [0.2, 0.25) is 5.82 Å². The van der Waals surface area contributed by atoms with Gasteiger partial charge in [-0.25, -0.2) is 8.78 Å². The zero-order valence-electron chi connectivity index (χ0n) is 11.1. The number of nitrogens with one attached hydrogen (secondary N) is 1. The first-order valence-corrected chi connectivity index (χ1v) is 6.11. The molecule has 0 fully saturated rings. The maximum Gasteiger partial charge on any atom is 0.255 e. The SMILES string of the molecule is CCC(CC)(CO)NC(=O)c1cc(F)c(F)c(O)c1F. The number of aromatic hydroxyl groups is 1. The molecule has 0 saturated carbocycles. The Morgan fingerprint density at radius 2 is 1.80 bits per heavy atom. The van der Waals surface area contributed by atoms with Gasteiger partial charge in [-0.05, 0) is 18.9 Å². The Bertz CT molecular complexity index is 508. The lowest BCUT2D eigenvalue weighted by molar-refractivity contribution is 0.0812. The summed E-state index contributed by atoms with van der Waals surface area (Å²) in [6.07, 6.45) is 0.728. The van der Waals surface area contributed by atoms with Crippen molar-refractivity contribution in [2.24, 2.45) is 0 Å². The fourth-order valence-corrected chi connectivity index (χ4v) is 1.75. The Hall–Kier alpha value is -1.76. The highest BCUT2D eigenvalue weighted by molar-refractivity contribution is 5.95. The molecule has 0 radical (unpaired) electrons. The Morgan fingerprint density at radius 3 is 2.25 bits per heavy atom. The predicted octanol–water partition coefficient (Wildman–Crippen LogP) is 2.09. The predicted molar refractivity (Wildman–Crippen MR) is 65.8 cm³/mol. The average Bonchev–Trinajstić information content (AvgIpc) is 2.46. The Morgan fingerprint density at radius 1 is 1.25 bits per heavy atom. The highest BCUT2D eigenvalue weighted by atomic mass is 19.2. The minimum absolute atomic E-state index is 0.364. The molecular formula is C13H16F3NO3. The van der Waals surface area contributed by atoms with E-state index in [1.807, 2.05) is 0 Å². The third-order valence-electron chi connectivity index (χ3n) is 3.41. The number of carbonyl (C=O) groups is 1. The summed E-state index contributed by atoms with van der Waals surface area (Å²) in [6.45, 7) is 3.03. The maximum atomic E-state index is 13.6. The molecular weight excluding hydrogens is 275 g/mol. The van der Waals surface area contributed by atoms with Crippen LogP contribution in [0.1, 0.15) is 37.0 Å². The first-order chi connectivity index (χ1) is 9.31. The normalized spacial score (nSPS) is 11.5. The molecule has 20 heavy (non-hydrogen) atoms. The molecule has 0 aromatic heterocycles. The number of carbonyl (C=O) groups excluding carboxylic acids is 1. The third kappa shape index (κ3) is 2.87. The lowest BCUT2D eigenvalue weighted by Crippen LogP contribution is -2.50. The molecule has 0 spiro atoms. The molecule has 0 unspecified atom stereocenters. The average molecular weight is 291 g/mol. The Kier molecular flexibility index (Phi) is 4.99. The van der Waals surface area contributed by atoms with Crippen molar-refractivity contribution in [1.29, 1.82) is 0 Å². The van der Waals surface area contributed by atoms with E-state index in [2.05, 4.69) is 5.32 Å². The summed E-state index contributed by atoms with van der Waals surface area (Å²) >= 11 is 0. The van der Waals surface area contributed by atoms with Crippen molar-refractivity contribution < 1.29 is 28.2 Å². The van der Waals surface area contributed by atoms with E-state index >= 15 is 0 Å². The van der Waals surface area contributed by atoms with Crippen LogP contribution in [0.2, 0.25) is 0 Å². The fourth-order valence-electron chi connectivity index (χ4n) is 1.75. The van der Waals surface area contributed by atoms with E-state index in [4.69, 9.17) is 5.11 Å². The monoisotopic (exact) mass is 291 g/mol.